The average Bonchev–Trinajstić information content (AvgIpc) is 3.07. The van der Waals surface area contributed by atoms with Gasteiger partial charge in [-0.1, -0.05) is 0 Å². The number of nitrogens with one attached hydrogen (secondary N) is 2. The molecule has 0 spiro atoms. The van der Waals surface area contributed by atoms with Gasteiger partial charge in [0.15, 0.2) is 0 Å². The van der Waals surface area contributed by atoms with E-state index in [-0.39, 0.29) is 21.5 Å². The van der Waals surface area contributed by atoms with E-state index in [1.165, 1.54) is 22.7 Å². The number of sulfonamides is 2. The van der Waals surface area contributed by atoms with Gasteiger partial charge in [0.25, 0.3) is 0 Å². The normalized spacial score (nSPS) is 12.6. The van der Waals surface area contributed by atoms with E-state index in [0.29, 0.717) is 6.42 Å². The van der Waals surface area contributed by atoms with Crippen LogP contribution in [-0.2, 0) is 20.0 Å². The Balaban J connectivity index is 1.80. The molecule has 2 heterocycles. The van der Waals surface area contributed by atoms with Crippen LogP contribution in [0.1, 0.15) is 16.2 Å². The van der Waals surface area contributed by atoms with Crippen molar-refractivity contribution in [2.75, 3.05) is 13.1 Å². The van der Waals surface area contributed by atoms with Gasteiger partial charge in [0.05, 0.1) is 0 Å². The van der Waals surface area contributed by atoms with Crippen LogP contribution in [0.15, 0.2) is 32.7 Å². The third kappa shape index (κ3) is 5.10. The second kappa shape index (κ2) is 7.41. The summed E-state index contributed by atoms with van der Waals surface area (Å²) in [6, 6.07) is 6.61. The Morgan fingerprint density at radius 1 is 0.783 bits per heavy atom. The maximum absolute atomic E-state index is 12.0. The molecule has 2 N–H and O–H groups in total. The first-order valence-corrected chi connectivity index (χ1v) is 11.4. The fourth-order valence-electron chi connectivity index (χ4n) is 1.76. The van der Waals surface area contributed by atoms with E-state index in [2.05, 4.69) is 9.44 Å². The van der Waals surface area contributed by atoms with Crippen LogP contribution in [0.2, 0.25) is 0 Å². The summed E-state index contributed by atoms with van der Waals surface area (Å²) in [5.74, 6) is 0. The van der Waals surface area contributed by atoms with Crippen molar-refractivity contribution >= 4 is 42.7 Å². The molecule has 0 fully saturated rings. The molecule has 0 atom stereocenters. The van der Waals surface area contributed by atoms with Crippen LogP contribution in [0, 0.1) is 13.8 Å². The van der Waals surface area contributed by atoms with E-state index in [0.717, 1.165) is 9.75 Å². The molecule has 23 heavy (non-hydrogen) atoms. The summed E-state index contributed by atoms with van der Waals surface area (Å²) in [6.07, 6.45) is 0.368. The third-order valence-electron chi connectivity index (χ3n) is 2.90. The van der Waals surface area contributed by atoms with E-state index < -0.39 is 20.0 Å². The van der Waals surface area contributed by atoms with Crippen molar-refractivity contribution in [1.82, 2.24) is 9.44 Å². The highest BCUT2D eigenvalue weighted by Gasteiger charge is 2.17. The highest BCUT2D eigenvalue weighted by molar-refractivity contribution is 7.92. The monoisotopic (exact) mass is 394 g/mol. The minimum Gasteiger partial charge on any atom is -0.210 e. The number of hydrogen-bond donors (Lipinski definition) is 2. The van der Waals surface area contributed by atoms with E-state index in [1.807, 2.05) is 13.8 Å². The predicted molar refractivity (Wildman–Crippen MR) is 93.1 cm³/mol. The number of hydrogen-bond acceptors (Lipinski definition) is 6. The second-order valence-corrected chi connectivity index (χ2v) is 11.4. The largest absolute Gasteiger partial charge is 0.250 e. The van der Waals surface area contributed by atoms with Gasteiger partial charge in [0.2, 0.25) is 20.0 Å². The zero-order chi connectivity index (χ0) is 17.1. The maximum atomic E-state index is 12.0. The Kier molecular flexibility index (Phi) is 5.98. The van der Waals surface area contributed by atoms with E-state index in [9.17, 15) is 16.8 Å². The van der Waals surface area contributed by atoms with E-state index in [1.54, 1.807) is 24.3 Å². The molecule has 0 saturated carbocycles. The van der Waals surface area contributed by atoms with Crippen LogP contribution in [0.25, 0.3) is 0 Å². The van der Waals surface area contributed by atoms with Gasteiger partial charge in [-0.3, -0.25) is 0 Å². The van der Waals surface area contributed by atoms with Crippen LogP contribution < -0.4 is 9.44 Å². The van der Waals surface area contributed by atoms with Crippen molar-refractivity contribution in [2.24, 2.45) is 0 Å². The lowest BCUT2D eigenvalue weighted by Gasteiger charge is -2.06. The zero-order valence-electron chi connectivity index (χ0n) is 12.7. The van der Waals surface area contributed by atoms with Gasteiger partial charge in [-0.2, -0.15) is 0 Å². The highest BCUT2D eigenvalue weighted by atomic mass is 32.3. The smallest absolute Gasteiger partial charge is 0.210 e. The summed E-state index contributed by atoms with van der Waals surface area (Å²) in [5, 5.41) is 0. The van der Waals surface area contributed by atoms with Gasteiger partial charge < -0.3 is 0 Å². The summed E-state index contributed by atoms with van der Waals surface area (Å²) in [5.41, 5.74) is 0. The Morgan fingerprint density at radius 2 is 1.17 bits per heavy atom. The Labute approximate surface area is 144 Å². The van der Waals surface area contributed by atoms with Gasteiger partial charge in [-0.25, -0.2) is 26.3 Å². The fraction of sp³-hybridized carbons (Fsp3) is 0.385. The molecule has 0 aromatic carbocycles. The van der Waals surface area contributed by atoms with Crippen molar-refractivity contribution < 1.29 is 16.8 Å². The first kappa shape index (κ1) is 18.6. The fourth-order valence-corrected chi connectivity index (χ4v) is 6.56. The molecule has 0 bridgehead atoms. The van der Waals surface area contributed by atoms with Gasteiger partial charge in [0, 0.05) is 22.8 Å². The van der Waals surface area contributed by atoms with Crippen LogP contribution in [-0.4, -0.2) is 29.9 Å². The Bertz CT molecular complexity index is 793. The molecule has 0 aliphatic carbocycles. The molecular weight excluding hydrogens is 376 g/mol. The molecule has 2 aromatic rings. The summed E-state index contributed by atoms with van der Waals surface area (Å²) in [6.45, 7) is 4.02. The lowest BCUT2D eigenvalue weighted by molar-refractivity contribution is 0.574. The minimum absolute atomic E-state index is 0.172. The highest BCUT2D eigenvalue weighted by Crippen LogP contribution is 2.21. The van der Waals surface area contributed by atoms with Crippen molar-refractivity contribution in [2.45, 2.75) is 28.7 Å². The van der Waals surface area contributed by atoms with Crippen LogP contribution in [0.4, 0.5) is 0 Å². The summed E-state index contributed by atoms with van der Waals surface area (Å²) in [4.78, 5) is 1.84. The molecule has 0 unspecified atom stereocenters. The standard InChI is InChI=1S/C13H18N2O4S4/c1-10-4-6-12(20-10)22(16,17)14-8-3-9-15-23(18,19)13-7-5-11(2)21-13/h4-7,14-15H,3,8-9H2,1-2H3. The van der Waals surface area contributed by atoms with Crippen molar-refractivity contribution in [3.63, 3.8) is 0 Å². The first-order valence-electron chi connectivity index (χ1n) is 6.83. The average molecular weight is 395 g/mol. The predicted octanol–water partition coefficient (Wildman–Crippen LogP) is 2.07. The van der Waals surface area contributed by atoms with Crippen molar-refractivity contribution in [1.29, 1.82) is 0 Å². The van der Waals surface area contributed by atoms with E-state index >= 15 is 0 Å². The molecule has 0 saturated heterocycles. The Morgan fingerprint density at radius 3 is 1.48 bits per heavy atom. The lowest BCUT2D eigenvalue weighted by Crippen LogP contribution is -2.29. The molecule has 6 nitrogen and oxygen atoms in total. The molecule has 0 amide bonds. The summed E-state index contributed by atoms with van der Waals surface area (Å²) in [7, 11) is -7.02. The summed E-state index contributed by atoms with van der Waals surface area (Å²) < 4.78 is 53.4. The van der Waals surface area contributed by atoms with E-state index in [4.69, 9.17) is 0 Å². The Hall–Kier alpha value is -0.780. The minimum atomic E-state index is -3.51. The van der Waals surface area contributed by atoms with Gasteiger partial charge in [0.1, 0.15) is 8.42 Å². The first-order chi connectivity index (χ1) is 10.7. The number of rotatable bonds is 8. The quantitative estimate of drug-likeness (QED) is 0.671. The lowest BCUT2D eigenvalue weighted by atomic mass is 10.4. The molecule has 10 heteroatoms. The van der Waals surface area contributed by atoms with Gasteiger partial charge in [-0.05, 0) is 44.5 Å². The number of aryl methyl sites for hydroxylation is 2. The molecule has 2 aromatic heterocycles. The zero-order valence-corrected chi connectivity index (χ0v) is 16.0. The number of thiophene rings is 2. The van der Waals surface area contributed by atoms with Crippen LogP contribution in [0.5, 0.6) is 0 Å². The maximum Gasteiger partial charge on any atom is 0.250 e. The SMILES string of the molecule is Cc1ccc(S(=O)(=O)NCCCNS(=O)(=O)c2ccc(C)s2)s1. The van der Waals surface area contributed by atoms with Crippen molar-refractivity contribution in [3.8, 4) is 0 Å². The third-order valence-corrected chi connectivity index (χ3v) is 8.81. The topological polar surface area (TPSA) is 92.3 Å². The molecule has 0 aliphatic rings. The molecule has 128 valence electrons. The molecule has 2 rings (SSSR count). The van der Waals surface area contributed by atoms with Crippen molar-refractivity contribution in [3.05, 3.63) is 34.0 Å². The van der Waals surface area contributed by atoms with Gasteiger partial charge in [-0.15, -0.1) is 22.7 Å². The van der Waals surface area contributed by atoms with Crippen LogP contribution in [0.3, 0.4) is 0 Å². The van der Waals surface area contributed by atoms with Crippen LogP contribution >= 0.6 is 22.7 Å². The molecular formula is C13H18N2O4S4. The molecule has 0 aliphatic heterocycles. The molecule has 0 radical (unpaired) electrons. The van der Waals surface area contributed by atoms with Gasteiger partial charge >= 0.3 is 0 Å². The summed E-state index contributed by atoms with van der Waals surface area (Å²) >= 11 is 2.40. The second-order valence-electron chi connectivity index (χ2n) is 4.88.